The van der Waals surface area contributed by atoms with Crippen molar-refractivity contribution in [2.75, 3.05) is 17.7 Å². The van der Waals surface area contributed by atoms with Gasteiger partial charge in [0.05, 0.1) is 24.7 Å². The van der Waals surface area contributed by atoms with Crippen LogP contribution in [-0.2, 0) is 0 Å². The SMILES string of the molecule is COc1ccc(Nc2nc3nc(Nc4ccccc4F)[nH]c3c[nH+]2)cc1. The number of hydrogen-bond acceptors (Lipinski definition) is 5. The molecule has 4 N–H and O–H groups in total. The van der Waals surface area contributed by atoms with Crippen LogP contribution in [-0.4, -0.2) is 22.1 Å². The van der Waals surface area contributed by atoms with E-state index in [0.29, 0.717) is 28.7 Å². The molecule has 7 nitrogen and oxygen atoms in total. The normalized spacial score (nSPS) is 10.7. The topological polar surface area (TPSA) is 89.0 Å². The second-order valence-electron chi connectivity index (χ2n) is 5.53. The number of aromatic amines is 2. The quantitative estimate of drug-likeness (QED) is 0.513. The number of nitrogens with one attached hydrogen (secondary N) is 4. The minimum absolute atomic E-state index is 0.340. The van der Waals surface area contributed by atoms with Gasteiger partial charge in [0, 0.05) is 0 Å². The van der Waals surface area contributed by atoms with Crippen LogP contribution in [0.2, 0.25) is 0 Å². The van der Waals surface area contributed by atoms with Crippen LogP contribution in [0.4, 0.5) is 27.7 Å². The van der Waals surface area contributed by atoms with E-state index in [0.717, 1.165) is 11.4 Å². The molecule has 0 radical (unpaired) electrons. The first-order valence-electron chi connectivity index (χ1n) is 7.92. The molecule has 0 aliphatic heterocycles. The number of halogens is 1. The van der Waals surface area contributed by atoms with Gasteiger partial charge in [-0.1, -0.05) is 12.1 Å². The second-order valence-corrected chi connectivity index (χ2v) is 5.53. The monoisotopic (exact) mass is 351 g/mol. The van der Waals surface area contributed by atoms with Gasteiger partial charge in [0.1, 0.15) is 17.1 Å². The van der Waals surface area contributed by atoms with Crippen LogP contribution in [0.3, 0.4) is 0 Å². The first-order chi connectivity index (χ1) is 12.7. The van der Waals surface area contributed by atoms with Crippen LogP contribution >= 0.6 is 0 Å². The lowest BCUT2D eigenvalue weighted by Crippen LogP contribution is -2.11. The van der Waals surface area contributed by atoms with Crippen molar-refractivity contribution in [3.63, 3.8) is 0 Å². The number of nitrogens with zero attached hydrogens (tertiary/aromatic N) is 2. The first-order valence-corrected chi connectivity index (χ1v) is 7.92. The van der Waals surface area contributed by atoms with Gasteiger partial charge >= 0.3 is 5.95 Å². The van der Waals surface area contributed by atoms with Gasteiger partial charge in [-0.05, 0) is 41.4 Å². The molecule has 2 aromatic carbocycles. The molecule has 0 unspecified atom stereocenters. The van der Waals surface area contributed by atoms with Crippen LogP contribution in [0.25, 0.3) is 11.2 Å². The van der Waals surface area contributed by atoms with Gasteiger partial charge < -0.3 is 15.0 Å². The lowest BCUT2D eigenvalue weighted by atomic mass is 10.3. The third kappa shape index (κ3) is 3.25. The number of hydrogen-bond donors (Lipinski definition) is 3. The molecule has 0 saturated carbocycles. The van der Waals surface area contributed by atoms with Crippen molar-refractivity contribution in [3.8, 4) is 5.75 Å². The van der Waals surface area contributed by atoms with E-state index < -0.39 is 0 Å². The molecule has 4 rings (SSSR count). The van der Waals surface area contributed by atoms with Gasteiger partial charge in [-0.3, -0.25) is 0 Å². The average Bonchev–Trinajstić information content (AvgIpc) is 3.06. The van der Waals surface area contributed by atoms with Gasteiger partial charge in [-0.15, -0.1) is 0 Å². The minimum atomic E-state index is -0.352. The van der Waals surface area contributed by atoms with E-state index in [1.807, 2.05) is 24.3 Å². The number of anilines is 4. The number of methoxy groups -OCH3 is 1. The fourth-order valence-electron chi connectivity index (χ4n) is 2.47. The fraction of sp³-hybridized carbons (Fsp3) is 0.0556. The predicted octanol–water partition coefficient (Wildman–Crippen LogP) is 3.41. The predicted molar refractivity (Wildman–Crippen MR) is 96.4 cm³/mol. The Bertz CT molecular complexity index is 1050. The zero-order valence-electron chi connectivity index (χ0n) is 13.9. The zero-order valence-corrected chi connectivity index (χ0v) is 13.9. The summed E-state index contributed by atoms with van der Waals surface area (Å²) in [6, 6.07) is 13.9. The van der Waals surface area contributed by atoms with Gasteiger partial charge in [0.25, 0.3) is 5.65 Å². The lowest BCUT2D eigenvalue weighted by Gasteiger charge is -2.02. The Hall–Kier alpha value is -3.68. The molecular weight excluding hydrogens is 335 g/mol. The standard InChI is InChI=1S/C18H15FN6O/c1-26-12-8-6-11(7-9-12)21-17-20-10-15-16(24-17)25-18(23-15)22-14-5-3-2-4-13(14)19/h2-10H,1H3,(H3,20,21,22,23,24,25)/p+1. The summed E-state index contributed by atoms with van der Waals surface area (Å²) in [5, 5.41) is 6.07. The van der Waals surface area contributed by atoms with Crippen molar-refractivity contribution in [1.29, 1.82) is 0 Å². The summed E-state index contributed by atoms with van der Waals surface area (Å²) in [5.41, 5.74) is 2.39. The van der Waals surface area contributed by atoms with E-state index in [2.05, 4.69) is 30.6 Å². The molecule has 0 aliphatic rings. The minimum Gasteiger partial charge on any atom is -0.497 e. The molecule has 130 valence electrons. The smallest absolute Gasteiger partial charge is 0.396 e. The van der Waals surface area contributed by atoms with E-state index in [1.54, 1.807) is 31.5 Å². The Labute approximate surface area is 148 Å². The number of fused-ring (bicyclic) bond motifs is 1. The summed E-state index contributed by atoms with van der Waals surface area (Å²) in [7, 11) is 1.62. The molecule has 0 amide bonds. The Morgan fingerprint density at radius 3 is 2.62 bits per heavy atom. The van der Waals surface area contributed by atoms with Gasteiger partial charge in [-0.2, -0.15) is 4.98 Å². The number of aromatic nitrogens is 4. The van der Waals surface area contributed by atoms with Crippen LogP contribution in [0, 0.1) is 5.82 Å². The molecule has 0 atom stereocenters. The molecular formula is C18H16FN6O+. The van der Waals surface area contributed by atoms with Crippen molar-refractivity contribution in [3.05, 3.63) is 60.5 Å². The molecule has 0 fully saturated rings. The highest BCUT2D eigenvalue weighted by Crippen LogP contribution is 2.20. The molecule has 0 saturated heterocycles. The van der Waals surface area contributed by atoms with Crippen molar-refractivity contribution in [2.24, 2.45) is 0 Å². The maximum absolute atomic E-state index is 13.7. The van der Waals surface area contributed by atoms with Gasteiger partial charge in [0.2, 0.25) is 5.95 Å². The number of H-pyrrole nitrogens is 2. The number of imidazole rings is 1. The lowest BCUT2D eigenvalue weighted by molar-refractivity contribution is -0.362. The average molecular weight is 351 g/mol. The third-order valence-corrected chi connectivity index (χ3v) is 3.76. The molecule has 0 spiro atoms. The highest BCUT2D eigenvalue weighted by molar-refractivity contribution is 5.74. The number of ether oxygens (including phenoxy) is 1. The van der Waals surface area contributed by atoms with E-state index >= 15 is 0 Å². The summed E-state index contributed by atoms with van der Waals surface area (Å²) >= 11 is 0. The molecule has 4 aromatic rings. The summed E-state index contributed by atoms with van der Waals surface area (Å²) in [5.74, 6) is 1.37. The van der Waals surface area contributed by atoms with Crippen LogP contribution in [0.1, 0.15) is 0 Å². The Kier molecular flexibility index (Phi) is 4.06. The van der Waals surface area contributed by atoms with Crippen molar-refractivity contribution >= 4 is 34.4 Å². The molecule has 2 aromatic heterocycles. The number of rotatable bonds is 5. The zero-order chi connectivity index (χ0) is 17.9. The Morgan fingerprint density at radius 1 is 1.04 bits per heavy atom. The first kappa shape index (κ1) is 15.8. The largest absolute Gasteiger partial charge is 0.497 e. The van der Waals surface area contributed by atoms with Crippen LogP contribution in [0.5, 0.6) is 5.75 Å². The maximum atomic E-state index is 13.7. The van der Waals surface area contributed by atoms with Crippen molar-refractivity contribution in [1.82, 2.24) is 15.0 Å². The summed E-state index contributed by atoms with van der Waals surface area (Å²) in [6.07, 6.45) is 1.74. The fourth-order valence-corrected chi connectivity index (χ4v) is 2.47. The van der Waals surface area contributed by atoms with Gasteiger partial charge in [0.15, 0.2) is 0 Å². The summed E-state index contributed by atoms with van der Waals surface area (Å²) in [6.45, 7) is 0. The number of para-hydroxylation sites is 1. The second kappa shape index (κ2) is 6.67. The van der Waals surface area contributed by atoms with E-state index in [4.69, 9.17) is 4.74 Å². The molecule has 0 bridgehead atoms. The summed E-state index contributed by atoms with van der Waals surface area (Å²) < 4.78 is 18.9. The number of benzene rings is 2. The molecule has 26 heavy (non-hydrogen) atoms. The van der Waals surface area contributed by atoms with Crippen molar-refractivity contribution in [2.45, 2.75) is 0 Å². The van der Waals surface area contributed by atoms with Crippen LogP contribution < -0.4 is 20.4 Å². The van der Waals surface area contributed by atoms with Crippen LogP contribution in [0.15, 0.2) is 54.7 Å². The van der Waals surface area contributed by atoms with E-state index in [-0.39, 0.29) is 5.82 Å². The maximum Gasteiger partial charge on any atom is 0.396 e. The van der Waals surface area contributed by atoms with Crippen molar-refractivity contribution < 1.29 is 14.1 Å². The molecule has 8 heteroatoms. The summed E-state index contributed by atoms with van der Waals surface area (Å²) in [4.78, 5) is 14.9. The van der Waals surface area contributed by atoms with E-state index in [9.17, 15) is 4.39 Å². The Balaban J connectivity index is 1.56. The third-order valence-electron chi connectivity index (χ3n) is 3.76. The molecule has 0 aliphatic carbocycles. The highest BCUT2D eigenvalue weighted by atomic mass is 19.1. The Morgan fingerprint density at radius 2 is 1.85 bits per heavy atom. The highest BCUT2D eigenvalue weighted by Gasteiger charge is 2.13. The van der Waals surface area contributed by atoms with Gasteiger partial charge in [-0.25, -0.2) is 14.7 Å². The molecule has 2 heterocycles. The van der Waals surface area contributed by atoms with E-state index in [1.165, 1.54) is 6.07 Å².